The summed E-state index contributed by atoms with van der Waals surface area (Å²) in [7, 11) is 1.29. The minimum Gasteiger partial charge on any atom is -1.00 e. The number of carbonyl (C=O) groups excluding carboxylic acids is 1. The van der Waals surface area contributed by atoms with E-state index >= 15 is 0 Å². The number of halogens is 1. The molecule has 0 aromatic heterocycles. The van der Waals surface area contributed by atoms with Crippen LogP contribution in [0.2, 0.25) is 0 Å². The Kier molecular flexibility index (Phi) is 10.1. The van der Waals surface area contributed by atoms with Crippen molar-refractivity contribution in [1.82, 2.24) is 5.32 Å². The Hall–Kier alpha value is 0.206. The number of ether oxygens (including phenoxy) is 1. The van der Waals surface area contributed by atoms with Crippen LogP contribution in [0.5, 0.6) is 0 Å². The van der Waals surface area contributed by atoms with Gasteiger partial charge < -0.3 is 54.7 Å². The van der Waals surface area contributed by atoms with Crippen LogP contribution in [0.3, 0.4) is 0 Å². The van der Waals surface area contributed by atoms with Crippen molar-refractivity contribution in [2.75, 3.05) is 7.11 Å². The van der Waals surface area contributed by atoms with E-state index in [4.69, 9.17) is 5.41 Å². The molecule has 1 amide bonds. The summed E-state index contributed by atoms with van der Waals surface area (Å²) in [5, 5.41) is 9.24. The van der Waals surface area contributed by atoms with Crippen LogP contribution in [0, 0.1) is 5.41 Å². The number of aliphatic imine (C=N–C) groups is 1. The average molecular weight is 290 g/mol. The molecule has 0 aromatic carbocycles. The Morgan fingerprint density at radius 3 is 2.93 bits per heavy atom. The molecule has 1 aliphatic rings. The maximum Gasteiger partial charge on any atom is 2.00 e. The molecule has 5 nitrogen and oxygen atoms in total. The second kappa shape index (κ2) is 8.51. The Morgan fingerprint density at radius 1 is 1.79 bits per heavy atom. The van der Waals surface area contributed by atoms with Gasteiger partial charge in [-0.3, -0.25) is 0 Å². The third kappa shape index (κ3) is 4.62. The minimum atomic E-state index is -0.516. The van der Waals surface area contributed by atoms with Crippen molar-refractivity contribution < 1.29 is 26.5 Å². The van der Waals surface area contributed by atoms with E-state index in [-0.39, 0.29) is 51.4 Å². The molecule has 1 heterocycles. The summed E-state index contributed by atoms with van der Waals surface area (Å²) in [6.45, 7) is 0. The van der Waals surface area contributed by atoms with Gasteiger partial charge in [0.2, 0.25) is 0 Å². The third-order valence-corrected chi connectivity index (χ3v) is 2.17. The number of hydrogen-bond acceptors (Lipinski definition) is 5. The minimum absolute atomic E-state index is 0. The Bertz CT molecular complexity index is 229. The molecule has 0 saturated heterocycles. The van der Waals surface area contributed by atoms with Crippen molar-refractivity contribution >= 4 is 52.7 Å². The van der Waals surface area contributed by atoms with Crippen LogP contribution in [0.15, 0.2) is 4.99 Å². The van der Waals surface area contributed by atoms with Gasteiger partial charge in [0.25, 0.3) is 0 Å². The normalized spacial score (nSPS) is 22.9. The average Bonchev–Trinajstić information content (AvgIpc) is 2.51. The summed E-state index contributed by atoms with van der Waals surface area (Å²) in [5.74, 6) is 0. The standard InChI is InChI=1S/C6H8N3O2S.BrH.Mg/c1-11-6(10)9-5-4(2-7)8-3-12-5;;/h2,4-5,7H,1H3,(H,9,10);1H;/q-1;;+2/p-1. The van der Waals surface area contributed by atoms with E-state index in [0.717, 1.165) is 6.21 Å². The number of hydrogen-bond donors (Lipinski definition) is 2. The number of alkyl carbamates (subject to hydrolysis) is 1. The Morgan fingerprint density at radius 2 is 2.43 bits per heavy atom. The van der Waals surface area contributed by atoms with Gasteiger partial charge in [-0.25, -0.2) is 4.79 Å². The van der Waals surface area contributed by atoms with Gasteiger partial charge in [0.1, 0.15) is 0 Å². The summed E-state index contributed by atoms with van der Waals surface area (Å²) >= 11 is 1.24. The number of nitrogens with zero attached hydrogens (tertiary/aromatic N) is 1. The van der Waals surface area contributed by atoms with Crippen molar-refractivity contribution in [2.45, 2.75) is 11.4 Å². The number of nitrogens with one attached hydrogen (secondary N) is 2. The van der Waals surface area contributed by atoms with Crippen LogP contribution in [0.4, 0.5) is 4.79 Å². The van der Waals surface area contributed by atoms with Gasteiger partial charge in [-0.2, -0.15) is 0 Å². The number of thioether (sulfide) groups is 1. The van der Waals surface area contributed by atoms with Gasteiger partial charge in [0.15, 0.2) is 0 Å². The van der Waals surface area contributed by atoms with Crippen LogP contribution in [0.1, 0.15) is 0 Å². The van der Waals surface area contributed by atoms with E-state index in [0.29, 0.717) is 0 Å². The van der Waals surface area contributed by atoms with Gasteiger partial charge in [-0.1, -0.05) is 0 Å². The third-order valence-electron chi connectivity index (χ3n) is 1.31. The molecule has 14 heavy (non-hydrogen) atoms. The van der Waals surface area contributed by atoms with Crippen LogP contribution < -0.4 is 22.3 Å². The van der Waals surface area contributed by atoms with Crippen molar-refractivity contribution in [1.29, 1.82) is 5.41 Å². The van der Waals surface area contributed by atoms with E-state index in [9.17, 15) is 4.79 Å². The van der Waals surface area contributed by atoms with Gasteiger partial charge >= 0.3 is 29.1 Å². The molecule has 1 rings (SSSR count). The molecule has 0 bridgehead atoms. The fourth-order valence-corrected chi connectivity index (χ4v) is 1.43. The smallest absolute Gasteiger partial charge is 1.00 e. The molecular formula is C6H8BrMgN3O2S. The zero-order valence-electron chi connectivity index (χ0n) is 7.49. The van der Waals surface area contributed by atoms with E-state index in [1.165, 1.54) is 18.9 Å². The van der Waals surface area contributed by atoms with Crippen molar-refractivity contribution in [3.8, 4) is 0 Å². The molecule has 0 aromatic rings. The van der Waals surface area contributed by atoms with Gasteiger partial charge in [-0.05, 0) is 0 Å². The zero-order chi connectivity index (χ0) is 8.97. The second-order valence-electron chi connectivity index (χ2n) is 2.05. The van der Waals surface area contributed by atoms with Crippen molar-refractivity contribution in [2.24, 2.45) is 4.99 Å². The summed E-state index contributed by atoms with van der Waals surface area (Å²) < 4.78 is 4.40. The number of methoxy groups -OCH3 is 1. The maximum absolute atomic E-state index is 10.7. The summed E-state index contributed by atoms with van der Waals surface area (Å²) in [6.07, 6.45) is 0.645. The maximum atomic E-state index is 10.7. The quantitative estimate of drug-likeness (QED) is 0.323. The van der Waals surface area contributed by atoms with Gasteiger partial charge in [0.05, 0.1) is 18.5 Å². The topological polar surface area (TPSA) is 74.5 Å². The van der Waals surface area contributed by atoms with Gasteiger partial charge in [0, 0.05) is 6.21 Å². The molecule has 1 aliphatic heterocycles. The molecule has 2 unspecified atom stereocenters. The first kappa shape index (κ1) is 16.6. The zero-order valence-corrected chi connectivity index (χ0v) is 11.3. The molecule has 2 atom stereocenters. The van der Waals surface area contributed by atoms with E-state index in [2.05, 4.69) is 20.6 Å². The molecule has 2 N–H and O–H groups in total. The summed E-state index contributed by atoms with van der Waals surface area (Å²) in [4.78, 5) is 14.6. The second-order valence-corrected chi connectivity index (χ2v) is 2.98. The van der Waals surface area contributed by atoms with E-state index < -0.39 is 6.09 Å². The molecule has 8 heteroatoms. The van der Waals surface area contributed by atoms with Crippen LogP contribution in [-0.4, -0.2) is 59.4 Å². The summed E-state index contributed by atoms with van der Waals surface area (Å²) in [6, 6.07) is -0.325. The first-order valence-corrected chi connectivity index (χ1v) is 4.11. The molecule has 0 fully saturated rings. The number of carbonyl (C=O) groups is 1. The summed E-state index contributed by atoms with van der Waals surface area (Å²) in [5.41, 5.74) is 2.62. The Balaban J connectivity index is 0. The molecule has 74 valence electrons. The van der Waals surface area contributed by atoms with Gasteiger partial charge in [-0.15, -0.1) is 0 Å². The molecular weight excluding hydrogens is 282 g/mol. The first-order chi connectivity index (χ1) is 5.77. The largest absolute Gasteiger partial charge is 2.00 e. The van der Waals surface area contributed by atoms with Crippen molar-refractivity contribution in [3.63, 3.8) is 0 Å². The molecule has 0 radical (unpaired) electrons. The predicted molar refractivity (Wildman–Crippen MR) is 52.7 cm³/mol. The number of amides is 1. The van der Waals surface area contributed by atoms with Crippen LogP contribution in [0.25, 0.3) is 0 Å². The molecule has 0 aliphatic carbocycles. The number of rotatable bonds is 2. The van der Waals surface area contributed by atoms with Crippen LogP contribution in [-0.2, 0) is 4.74 Å². The first-order valence-electron chi connectivity index (χ1n) is 3.23. The monoisotopic (exact) mass is 289 g/mol. The van der Waals surface area contributed by atoms with Crippen molar-refractivity contribution in [3.05, 3.63) is 0 Å². The molecule has 0 saturated carbocycles. The molecule has 0 spiro atoms. The predicted octanol–water partition coefficient (Wildman–Crippen LogP) is -3.04. The van der Waals surface area contributed by atoms with E-state index in [1.54, 1.807) is 0 Å². The van der Waals surface area contributed by atoms with Crippen LogP contribution >= 0.6 is 11.8 Å². The fourth-order valence-electron chi connectivity index (χ4n) is 0.700. The fraction of sp³-hybridized carbons (Fsp3) is 0.500. The van der Waals surface area contributed by atoms with E-state index in [1.807, 2.05) is 0 Å². The SMILES string of the molecule is COC(=O)NC1S[C-]=NC1C=N.[Br-].[Mg+2]. The Labute approximate surface area is 113 Å².